The van der Waals surface area contributed by atoms with Crippen LogP contribution >= 0.6 is 0 Å². The van der Waals surface area contributed by atoms with Gasteiger partial charge in [-0.25, -0.2) is 0 Å². The van der Waals surface area contributed by atoms with E-state index in [0.29, 0.717) is 38.2 Å². The Morgan fingerprint density at radius 2 is 1.89 bits per heavy atom. The third-order valence-electron chi connectivity index (χ3n) is 3.78. The number of ether oxygens (including phenoxy) is 2. The van der Waals surface area contributed by atoms with Crippen LogP contribution < -0.4 is 5.32 Å². The van der Waals surface area contributed by atoms with Gasteiger partial charge in [0, 0.05) is 12.6 Å². The van der Waals surface area contributed by atoms with Crippen molar-refractivity contribution >= 4 is 5.91 Å². The van der Waals surface area contributed by atoms with Crippen LogP contribution in [0.2, 0.25) is 0 Å². The van der Waals surface area contributed by atoms with Crippen LogP contribution in [0.5, 0.6) is 0 Å². The number of rotatable bonds is 5. The molecule has 1 aliphatic heterocycles. The summed E-state index contributed by atoms with van der Waals surface area (Å²) in [5.74, 6) is 1.45. The lowest BCUT2D eigenvalue weighted by molar-refractivity contribution is -0.119. The van der Waals surface area contributed by atoms with Gasteiger partial charge in [-0.15, -0.1) is 0 Å². The summed E-state index contributed by atoms with van der Waals surface area (Å²) >= 11 is 0. The minimum atomic E-state index is 0.0152. The van der Waals surface area contributed by atoms with Crippen molar-refractivity contribution < 1.29 is 14.3 Å². The SMILES string of the molecule is O=C(C=C(C1CC1)C1CC1)NCC1COCCO1. The van der Waals surface area contributed by atoms with Gasteiger partial charge in [0.05, 0.1) is 25.9 Å². The van der Waals surface area contributed by atoms with E-state index in [1.165, 1.54) is 31.3 Å². The third kappa shape index (κ3) is 3.33. The molecule has 0 aromatic carbocycles. The zero-order valence-electron chi connectivity index (χ0n) is 10.7. The van der Waals surface area contributed by atoms with Crippen molar-refractivity contribution in [3.63, 3.8) is 0 Å². The van der Waals surface area contributed by atoms with Gasteiger partial charge in [-0.05, 0) is 37.5 Å². The predicted molar refractivity (Wildman–Crippen MR) is 67.1 cm³/mol. The first-order valence-corrected chi connectivity index (χ1v) is 7.01. The predicted octanol–water partition coefficient (Wildman–Crippen LogP) is 1.26. The molecule has 4 nitrogen and oxygen atoms in total. The molecule has 3 aliphatic rings. The molecule has 0 aromatic heterocycles. The summed E-state index contributed by atoms with van der Waals surface area (Å²) in [7, 11) is 0. The number of nitrogens with one attached hydrogen (secondary N) is 1. The highest BCUT2D eigenvalue weighted by Gasteiger charge is 2.36. The molecule has 2 aliphatic carbocycles. The first-order valence-electron chi connectivity index (χ1n) is 7.01. The molecule has 1 unspecified atom stereocenters. The number of carbonyl (C=O) groups excluding carboxylic acids is 1. The summed E-state index contributed by atoms with van der Waals surface area (Å²) in [4.78, 5) is 11.9. The monoisotopic (exact) mass is 251 g/mol. The fourth-order valence-corrected chi connectivity index (χ4v) is 2.47. The summed E-state index contributed by atoms with van der Waals surface area (Å²) < 4.78 is 10.8. The van der Waals surface area contributed by atoms with Gasteiger partial charge in [0.25, 0.3) is 0 Å². The molecular weight excluding hydrogens is 230 g/mol. The smallest absolute Gasteiger partial charge is 0.244 e. The van der Waals surface area contributed by atoms with E-state index >= 15 is 0 Å². The molecular formula is C14H21NO3. The van der Waals surface area contributed by atoms with Crippen LogP contribution in [0, 0.1) is 11.8 Å². The Balaban J connectivity index is 1.46. The van der Waals surface area contributed by atoms with Crippen molar-refractivity contribution in [2.45, 2.75) is 31.8 Å². The molecule has 3 rings (SSSR count). The number of carbonyl (C=O) groups is 1. The summed E-state index contributed by atoms with van der Waals surface area (Å²) in [5.41, 5.74) is 1.40. The molecule has 0 spiro atoms. The Kier molecular flexibility index (Phi) is 3.66. The average Bonchev–Trinajstić information content (AvgIpc) is 3.28. The minimum Gasteiger partial charge on any atom is -0.376 e. The van der Waals surface area contributed by atoms with Gasteiger partial charge in [0.1, 0.15) is 0 Å². The highest BCUT2D eigenvalue weighted by atomic mass is 16.6. The Morgan fingerprint density at radius 3 is 2.44 bits per heavy atom. The molecule has 0 aromatic rings. The van der Waals surface area contributed by atoms with E-state index in [4.69, 9.17) is 9.47 Å². The van der Waals surface area contributed by atoms with E-state index in [0.717, 1.165) is 0 Å². The van der Waals surface area contributed by atoms with Gasteiger partial charge in [0.15, 0.2) is 0 Å². The van der Waals surface area contributed by atoms with Crippen molar-refractivity contribution in [3.8, 4) is 0 Å². The van der Waals surface area contributed by atoms with Crippen molar-refractivity contribution in [2.75, 3.05) is 26.4 Å². The van der Waals surface area contributed by atoms with Crippen LogP contribution in [-0.2, 0) is 14.3 Å². The van der Waals surface area contributed by atoms with Crippen molar-refractivity contribution in [1.29, 1.82) is 0 Å². The molecule has 4 heteroatoms. The lowest BCUT2D eigenvalue weighted by atomic mass is 10.1. The average molecular weight is 251 g/mol. The number of hydrogen-bond acceptors (Lipinski definition) is 3. The second-order valence-electron chi connectivity index (χ2n) is 5.51. The second-order valence-corrected chi connectivity index (χ2v) is 5.51. The van der Waals surface area contributed by atoms with E-state index in [9.17, 15) is 4.79 Å². The van der Waals surface area contributed by atoms with E-state index in [1.807, 2.05) is 6.08 Å². The molecule has 1 amide bonds. The normalized spacial score (nSPS) is 27.7. The molecule has 0 radical (unpaired) electrons. The van der Waals surface area contributed by atoms with Crippen LogP contribution in [0.3, 0.4) is 0 Å². The van der Waals surface area contributed by atoms with Gasteiger partial charge < -0.3 is 14.8 Å². The van der Waals surface area contributed by atoms with Crippen LogP contribution in [0.15, 0.2) is 11.6 Å². The van der Waals surface area contributed by atoms with Gasteiger partial charge in [0.2, 0.25) is 5.91 Å². The standard InChI is InChI=1S/C14H21NO3/c16-14(15-8-12-9-17-5-6-18-12)7-13(10-1-2-10)11-3-4-11/h7,10-12H,1-6,8-9H2,(H,15,16). The Labute approximate surface area is 108 Å². The van der Waals surface area contributed by atoms with Gasteiger partial charge in [-0.1, -0.05) is 5.57 Å². The van der Waals surface area contributed by atoms with Gasteiger partial charge >= 0.3 is 0 Å². The molecule has 100 valence electrons. The highest BCUT2D eigenvalue weighted by Crippen LogP contribution is 2.48. The molecule has 3 fully saturated rings. The Morgan fingerprint density at radius 1 is 1.17 bits per heavy atom. The van der Waals surface area contributed by atoms with E-state index in [-0.39, 0.29) is 12.0 Å². The van der Waals surface area contributed by atoms with E-state index < -0.39 is 0 Å². The Bertz CT molecular complexity index is 325. The quantitative estimate of drug-likeness (QED) is 0.748. The number of allylic oxidation sites excluding steroid dienone is 1. The summed E-state index contributed by atoms with van der Waals surface area (Å²) in [6.45, 7) is 2.43. The lowest BCUT2D eigenvalue weighted by Gasteiger charge is -2.22. The number of hydrogen-bond donors (Lipinski definition) is 1. The zero-order chi connectivity index (χ0) is 12.4. The first kappa shape index (κ1) is 12.2. The molecule has 1 atom stereocenters. The summed E-state index contributed by atoms with van der Waals surface area (Å²) in [6, 6.07) is 0. The molecule has 1 N–H and O–H groups in total. The van der Waals surface area contributed by atoms with Crippen LogP contribution in [0.1, 0.15) is 25.7 Å². The Hall–Kier alpha value is -0.870. The van der Waals surface area contributed by atoms with Crippen LogP contribution in [0.4, 0.5) is 0 Å². The maximum Gasteiger partial charge on any atom is 0.244 e. The van der Waals surface area contributed by atoms with Gasteiger partial charge in [-0.3, -0.25) is 4.79 Å². The summed E-state index contributed by atoms with van der Waals surface area (Å²) in [5, 5.41) is 2.93. The maximum atomic E-state index is 11.9. The van der Waals surface area contributed by atoms with Crippen LogP contribution in [-0.4, -0.2) is 38.4 Å². The largest absolute Gasteiger partial charge is 0.376 e. The van der Waals surface area contributed by atoms with Crippen LogP contribution in [0.25, 0.3) is 0 Å². The molecule has 1 saturated heterocycles. The molecule has 18 heavy (non-hydrogen) atoms. The molecule has 0 bridgehead atoms. The fraction of sp³-hybridized carbons (Fsp3) is 0.786. The topological polar surface area (TPSA) is 47.6 Å². The van der Waals surface area contributed by atoms with E-state index in [2.05, 4.69) is 5.32 Å². The zero-order valence-corrected chi connectivity index (χ0v) is 10.7. The molecule has 2 saturated carbocycles. The van der Waals surface area contributed by atoms with Crippen molar-refractivity contribution in [3.05, 3.63) is 11.6 Å². The van der Waals surface area contributed by atoms with Crippen molar-refractivity contribution in [2.24, 2.45) is 11.8 Å². The molecule has 1 heterocycles. The first-order chi connectivity index (χ1) is 8.83. The number of amides is 1. The van der Waals surface area contributed by atoms with Gasteiger partial charge in [-0.2, -0.15) is 0 Å². The minimum absolute atomic E-state index is 0.0152. The maximum absolute atomic E-state index is 11.9. The summed E-state index contributed by atoms with van der Waals surface area (Å²) in [6.07, 6.45) is 6.95. The second kappa shape index (κ2) is 5.41. The van der Waals surface area contributed by atoms with E-state index in [1.54, 1.807) is 0 Å². The fourth-order valence-electron chi connectivity index (χ4n) is 2.47. The highest BCUT2D eigenvalue weighted by molar-refractivity contribution is 5.88. The lowest BCUT2D eigenvalue weighted by Crippen LogP contribution is -2.39. The third-order valence-corrected chi connectivity index (χ3v) is 3.78. The van der Waals surface area contributed by atoms with Crippen molar-refractivity contribution in [1.82, 2.24) is 5.32 Å².